The van der Waals surface area contributed by atoms with Crippen LogP contribution in [-0.4, -0.2) is 72.1 Å². The first-order valence-electron chi connectivity index (χ1n) is 10.7. The first kappa shape index (κ1) is 20.1. The smallest absolute Gasteiger partial charge is 0.223 e. The molecule has 8 nitrogen and oxygen atoms in total. The summed E-state index contributed by atoms with van der Waals surface area (Å²) in [6, 6.07) is 0.296. The molecular formula is C21H31N5O3. The second-order valence-corrected chi connectivity index (χ2v) is 8.55. The average Bonchev–Trinajstić information content (AvgIpc) is 2.72. The summed E-state index contributed by atoms with van der Waals surface area (Å²) in [6.45, 7) is 4.63. The lowest BCUT2D eigenvalue weighted by molar-refractivity contribution is -0.149. The predicted octanol–water partition coefficient (Wildman–Crippen LogP) is 1.14. The maximum atomic E-state index is 12.8. The Kier molecular flexibility index (Phi) is 5.99. The highest BCUT2D eigenvalue weighted by atomic mass is 16.5. The Morgan fingerprint density at radius 1 is 1.31 bits per heavy atom. The van der Waals surface area contributed by atoms with Crippen molar-refractivity contribution in [2.45, 2.75) is 51.1 Å². The fraction of sp³-hybridized carbons (Fsp3) is 0.714. The van der Waals surface area contributed by atoms with Crippen molar-refractivity contribution < 1.29 is 14.3 Å². The number of methoxy groups -OCH3 is 1. The van der Waals surface area contributed by atoms with Gasteiger partial charge in [-0.1, -0.05) is 0 Å². The van der Waals surface area contributed by atoms with E-state index in [0.29, 0.717) is 37.8 Å². The van der Waals surface area contributed by atoms with Gasteiger partial charge in [0.05, 0.1) is 24.5 Å². The summed E-state index contributed by atoms with van der Waals surface area (Å²) in [5.74, 6) is 1.90. The Morgan fingerprint density at radius 2 is 2.14 bits per heavy atom. The number of hydrogen-bond donors (Lipinski definition) is 1. The summed E-state index contributed by atoms with van der Waals surface area (Å²) in [5, 5.41) is 3.05. The Morgan fingerprint density at radius 3 is 2.93 bits per heavy atom. The molecule has 4 rings (SSSR count). The molecule has 2 amide bonds. The SMILES string of the molecule is COCCC(=O)NC[C@H]1[C@H]2C[C@H](CN(c3cncc(C)n3)C2)[C@@H]2CCCC(=O)N21. The van der Waals surface area contributed by atoms with Gasteiger partial charge in [0.15, 0.2) is 0 Å². The van der Waals surface area contributed by atoms with Crippen LogP contribution in [0.5, 0.6) is 0 Å². The largest absolute Gasteiger partial charge is 0.384 e. The average molecular weight is 402 g/mol. The number of rotatable bonds is 6. The molecule has 0 saturated carbocycles. The third kappa shape index (κ3) is 4.22. The number of aryl methyl sites for hydroxylation is 1. The molecule has 158 valence electrons. The third-order valence-corrected chi connectivity index (χ3v) is 6.60. The van der Waals surface area contributed by atoms with Gasteiger partial charge in [0.1, 0.15) is 5.82 Å². The highest BCUT2D eigenvalue weighted by Crippen LogP contribution is 2.42. The van der Waals surface area contributed by atoms with Gasteiger partial charge in [0.2, 0.25) is 11.8 Å². The number of fused-ring (bicyclic) bond motifs is 4. The molecule has 3 fully saturated rings. The third-order valence-electron chi connectivity index (χ3n) is 6.60. The molecule has 2 bridgehead atoms. The number of amides is 2. The maximum absolute atomic E-state index is 12.8. The van der Waals surface area contributed by atoms with Gasteiger partial charge >= 0.3 is 0 Å². The fourth-order valence-corrected chi connectivity index (χ4v) is 5.33. The van der Waals surface area contributed by atoms with Crippen molar-refractivity contribution in [1.29, 1.82) is 0 Å². The molecule has 0 unspecified atom stereocenters. The molecule has 0 radical (unpaired) electrons. The Hall–Kier alpha value is -2.22. The summed E-state index contributed by atoms with van der Waals surface area (Å²) in [6.07, 6.45) is 7.68. The van der Waals surface area contributed by atoms with Gasteiger partial charge in [0.25, 0.3) is 0 Å². The molecule has 3 saturated heterocycles. The lowest BCUT2D eigenvalue weighted by Gasteiger charge is -2.56. The number of nitrogens with zero attached hydrogens (tertiary/aromatic N) is 4. The standard InChI is InChI=1S/C21H31N5O3/c1-14-9-22-11-19(24-14)25-12-15-8-16(13-25)18(10-23-20(27)6-7-29-2)26-17(15)4-3-5-21(26)28/h9,11,15-18H,3-8,10,12-13H2,1-2H3,(H,23,27)/t15-,16+,17+,18+/m1/s1. The van der Waals surface area contributed by atoms with Crippen LogP contribution in [0.2, 0.25) is 0 Å². The highest BCUT2D eigenvalue weighted by Gasteiger charge is 2.49. The van der Waals surface area contributed by atoms with E-state index in [1.165, 1.54) is 0 Å². The van der Waals surface area contributed by atoms with Gasteiger partial charge in [-0.15, -0.1) is 0 Å². The van der Waals surface area contributed by atoms with Crippen LogP contribution < -0.4 is 10.2 Å². The number of nitrogens with one attached hydrogen (secondary N) is 1. The number of aromatic nitrogens is 2. The van der Waals surface area contributed by atoms with Gasteiger partial charge in [0, 0.05) is 51.8 Å². The van der Waals surface area contributed by atoms with E-state index in [-0.39, 0.29) is 23.9 Å². The second kappa shape index (κ2) is 8.65. The Bertz CT molecular complexity index is 758. The summed E-state index contributed by atoms with van der Waals surface area (Å²) in [5.41, 5.74) is 0.912. The first-order valence-corrected chi connectivity index (χ1v) is 10.7. The van der Waals surface area contributed by atoms with Crippen LogP contribution in [0.3, 0.4) is 0 Å². The Balaban J connectivity index is 1.53. The van der Waals surface area contributed by atoms with Crippen molar-refractivity contribution in [2.75, 3.05) is 38.3 Å². The minimum absolute atomic E-state index is 0.0211. The van der Waals surface area contributed by atoms with Crippen LogP contribution in [0, 0.1) is 18.8 Å². The monoisotopic (exact) mass is 401 g/mol. The van der Waals surface area contributed by atoms with Crippen LogP contribution in [0.1, 0.15) is 37.8 Å². The minimum atomic E-state index is -0.0211. The van der Waals surface area contributed by atoms with Gasteiger partial charge in [-0.2, -0.15) is 0 Å². The van der Waals surface area contributed by atoms with Crippen molar-refractivity contribution in [3.8, 4) is 0 Å². The van der Waals surface area contributed by atoms with Crippen LogP contribution in [0.15, 0.2) is 12.4 Å². The quantitative estimate of drug-likeness (QED) is 0.769. The van der Waals surface area contributed by atoms with Crippen molar-refractivity contribution in [1.82, 2.24) is 20.2 Å². The molecule has 1 N–H and O–H groups in total. The van der Waals surface area contributed by atoms with E-state index < -0.39 is 0 Å². The van der Waals surface area contributed by atoms with Crippen LogP contribution in [-0.2, 0) is 14.3 Å². The van der Waals surface area contributed by atoms with E-state index in [1.807, 2.05) is 13.1 Å². The lowest BCUT2D eigenvalue weighted by atomic mass is 9.72. The number of ether oxygens (including phenoxy) is 1. The van der Waals surface area contributed by atoms with E-state index in [9.17, 15) is 9.59 Å². The van der Waals surface area contributed by atoms with E-state index in [0.717, 1.165) is 43.9 Å². The topological polar surface area (TPSA) is 87.7 Å². The molecule has 3 aliphatic heterocycles. The predicted molar refractivity (Wildman–Crippen MR) is 108 cm³/mol. The second-order valence-electron chi connectivity index (χ2n) is 8.55. The van der Waals surface area contributed by atoms with Gasteiger partial charge < -0.3 is 19.9 Å². The zero-order valence-electron chi connectivity index (χ0n) is 17.3. The summed E-state index contributed by atoms with van der Waals surface area (Å²) in [7, 11) is 1.59. The molecule has 29 heavy (non-hydrogen) atoms. The van der Waals surface area contributed by atoms with Crippen LogP contribution in [0.4, 0.5) is 5.82 Å². The van der Waals surface area contributed by atoms with Crippen LogP contribution >= 0.6 is 0 Å². The number of carbonyl (C=O) groups excluding carboxylic acids is 2. The molecule has 8 heteroatoms. The van der Waals surface area contributed by atoms with Crippen molar-refractivity contribution >= 4 is 17.6 Å². The molecule has 0 spiro atoms. The lowest BCUT2D eigenvalue weighted by Crippen LogP contribution is -2.67. The van der Waals surface area contributed by atoms with Gasteiger partial charge in [-0.05, 0) is 38.0 Å². The number of piperidine rings is 3. The van der Waals surface area contributed by atoms with Gasteiger partial charge in [-0.3, -0.25) is 14.6 Å². The molecular weight excluding hydrogens is 370 g/mol. The van der Waals surface area contributed by atoms with Crippen molar-refractivity contribution in [3.05, 3.63) is 18.1 Å². The molecule has 1 aromatic heterocycles. The van der Waals surface area contributed by atoms with E-state index >= 15 is 0 Å². The molecule has 3 aliphatic rings. The Labute approximate surface area is 172 Å². The normalized spacial score (nSPS) is 28.8. The summed E-state index contributed by atoms with van der Waals surface area (Å²) in [4.78, 5) is 38.4. The van der Waals surface area contributed by atoms with E-state index in [1.54, 1.807) is 13.3 Å². The van der Waals surface area contributed by atoms with Crippen molar-refractivity contribution in [3.63, 3.8) is 0 Å². The van der Waals surface area contributed by atoms with E-state index in [2.05, 4.69) is 25.1 Å². The van der Waals surface area contributed by atoms with Gasteiger partial charge in [-0.25, -0.2) is 4.98 Å². The van der Waals surface area contributed by atoms with Crippen LogP contribution in [0.25, 0.3) is 0 Å². The number of carbonyl (C=O) groups is 2. The minimum Gasteiger partial charge on any atom is -0.384 e. The summed E-state index contributed by atoms with van der Waals surface area (Å²) >= 11 is 0. The zero-order valence-corrected chi connectivity index (χ0v) is 17.3. The van der Waals surface area contributed by atoms with E-state index in [4.69, 9.17) is 4.74 Å². The highest BCUT2D eigenvalue weighted by molar-refractivity contribution is 5.79. The molecule has 1 aromatic rings. The molecule has 4 atom stereocenters. The molecule has 4 heterocycles. The molecule has 0 aliphatic carbocycles. The zero-order chi connectivity index (χ0) is 20.4. The summed E-state index contributed by atoms with van der Waals surface area (Å²) < 4.78 is 5.00. The van der Waals surface area contributed by atoms with Crippen molar-refractivity contribution in [2.24, 2.45) is 11.8 Å². The molecule has 0 aromatic carbocycles. The number of hydrogen-bond acceptors (Lipinski definition) is 6. The fourth-order valence-electron chi connectivity index (χ4n) is 5.33. The maximum Gasteiger partial charge on any atom is 0.223 e. The first-order chi connectivity index (χ1) is 14.1. The number of anilines is 1.